The quantitative estimate of drug-likeness (QED) is 0.793. The van der Waals surface area contributed by atoms with Gasteiger partial charge in [-0.05, 0) is 24.3 Å². The Kier molecular flexibility index (Phi) is 6.70. The largest absolute Gasteiger partial charge is 0.372 e. The summed E-state index contributed by atoms with van der Waals surface area (Å²) in [7, 11) is 0. The van der Waals surface area contributed by atoms with Gasteiger partial charge in [0, 0.05) is 19.2 Å². The van der Waals surface area contributed by atoms with Crippen molar-refractivity contribution >= 4 is 0 Å². The van der Waals surface area contributed by atoms with Crippen LogP contribution in [-0.4, -0.2) is 19.2 Å². The fraction of sp³-hybridized carbons (Fsp3) is 0.667. The number of ether oxygens (including phenoxy) is 1. The maximum absolute atomic E-state index is 6.13. The average Bonchev–Trinajstić information content (AvgIpc) is 2.33. The molecule has 114 valence electrons. The SMILES string of the molecule is Cc1ccc(C(CNC(C)C)OCCC(C)(C)C)cc1. The van der Waals surface area contributed by atoms with Gasteiger partial charge in [0.15, 0.2) is 0 Å². The molecule has 2 heteroatoms. The lowest BCUT2D eigenvalue weighted by Crippen LogP contribution is -2.29. The summed E-state index contributed by atoms with van der Waals surface area (Å²) in [4.78, 5) is 0. The number of rotatable bonds is 7. The Morgan fingerprint density at radius 2 is 1.70 bits per heavy atom. The van der Waals surface area contributed by atoms with Crippen LogP contribution in [0.3, 0.4) is 0 Å². The number of aryl methyl sites for hydroxylation is 1. The van der Waals surface area contributed by atoms with Crippen molar-refractivity contribution < 1.29 is 4.74 Å². The lowest BCUT2D eigenvalue weighted by Gasteiger charge is -2.23. The van der Waals surface area contributed by atoms with Gasteiger partial charge in [-0.25, -0.2) is 0 Å². The van der Waals surface area contributed by atoms with Gasteiger partial charge in [-0.3, -0.25) is 0 Å². The van der Waals surface area contributed by atoms with E-state index in [2.05, 4.69) is 71.1 Å². The molecule has 1 atom stereocenters. The molecule has 20 heavy (non-hydrogen) atoms. The number of nitrogens with one attached hydrogen (secondary N) is 1. The highest BCUT2D eigenvalue weighted by molar-refractivity contribution is 5.23. The van der Waals surface area contributed by atoms with Gasteiger partial charge in [0.2, 0.25) is 0 Å². The molecule has 1 aromatic rings. The van der Waals surface area contributed by atoms with Crippen LogP contribution in [0.15, 0.2) is 24.3 Å². The van der Waals surface area contributed by atoms with E-state index in [0.717, 1.165) is 19.6 Å². The number of benzene rings is 1. The fourth-order valence-corrected chi connectivity index (χ4v) is 1.90. The van der Waals surface area contributed by atoms with E-state index in [-0.39, 0.29) is 6.10 Å². The molecule has 0 spiro atoms. The third-order valence-electron chi connectivity index (χ3n) is 3.33. The maximum atomic E-state index is 6.13. The Morgan fingerprint density at radius 3 is 2.20 bits per heavy atom. The topological polar surface area (TPSA) is 21.3 Å². The second kappa shape index (κ2) is 7.80. The van der Waals surface area contributed by atoms with E-state index in [1.54, 1.807) is 0 Å². The van der Waals surface area contributed by atoms with Crippen LogP contribution in [0, 0.1) is 12.3 Å². The van der Waals surface area contributed by atoms with E-state index in [0.29, 0.717) is 11.5 Å². The molecule has 2 nitrogen and oxygen atoms in total. The van der Waals surface area contributed by atoms with Crippen LogP contribution in [-0.2, 0) is 4.74 Å². The predicted octanol–water partition coefficient (Wildman–Crippen LogP) is 4.49. The zero-order valence-corrected chi connectivity index (χ0v) is 14.0. The second-order valence-corrected chi connectivity index (χ2v) is 7.14. The molecule has 0 heterocycles. The molecule has 0 amide bonds. The van der Waals surface area contributed by atoms with Gasteiger partial charge in [0.25, 0.3) is 0 Å². The highest BCUT2D eigenvalue weighted by atomic mass is 16.5. The van der Waals surface area contributed by atoms with Crippen molar-refractivity contribution in [3.05, 3.63) is 35.4 Å². The van der Waals surface area contributed by atoms with Gasteiger partial charge >= 0.3 is 0 Å². The van der Waals surface area contributed by atoms with Crippen molar-refractivity contribution in [1.29, 1.82) is 0 Å². The molecule has 1 unspecified atom stereocenters. The normalized spacial score (nSPS) is 13.8. The first-order chi connectivity index (χ1) is 9.28. The van der Waals surface area contributed by atoms with Crippen LogP contribution in [0.2, 0.25) is 0 Å². The zero-order valence-electron chi connectivity index (χ0n) is 14.0. The van der Waals surface area contributed by atoms with Crippen LogP contribution in [0.4, 0.5) is 0 Å². The van der Waals surface area contributed by atoms with Crippen LogP contribution in [0.1, 0.15) is 58.3 Å². The highest BCUT2D eigenvalue weighted by Gasteiger charge is 2.15. The summed E-state index contributed by atoms with van der Waals surface area (Å²) in [5, 5.41) is 3.48. The molecule has 1 N–H and O–H groups in total. The van der Waals surface area contributed by atoms with Crippen molar-refractivity contribution in [2.75, 3.05) is 13.2 Å². The first kappa shape index (κ1) is 17.2. The summed E-state index contributed by atoms with van der Waals surface area (Å²) in [5.41, 5.74) is 2.88. The van der Waals surface area contributed by atoms with Gasteiger partial charge in [0.1, 0.15) is 0 Å². The van der Waals surface area contributed by atoms with Crippen molar-refractivity contribution in [1.82, 2.24) is 5.32 Å². The van der Waals surface area contributed by atoms with Crippen LogP contribution in [0.5, 0.6) is 0 Å². The monoisotopic (exact) mass is 277 g/mol. The molecule has 0 aliphatic heterocycles. The van der Waals surface area contributed by atoms with Gasteiger partial charge < -0.3 is 10.1 Å². The first-order valence-corrected chi connectivity index (χ1v) is 7.69. The van der Waals surface area contributed by atoms with E-state index >= 15 is 0 Å². The summed E-state index contributed by atoms with van der Waals surface area (Å²) in [6.45, 7) is 14.9. The molecular formula is C18H31NO. The molecule has 0 bridgehead atoms. The van der Waals surface area contributed by atoms with Gasteiger partial charge in [-0.15, -0.1) is 0 Å². The zero-order chi connectivity index (χ0) is 15.2. The summed E-state index contributed by atoms with van der Waals surface area (Å²) in [6.07, 6.45) is 1.22. The molecule has 0 aliphatic rings. The Labute approximate surface area is 124 Å². The third kappa shape index (κ3) is 7.06. The van der Waals surface area contributed by atoms with Gasteiger partial charge in [-0.2, -0.15) is 0 Å². The van der Waals surface area contributed by atoms with E-state index in [1.165, 1.54) is 11.1 Å². The maximum Gasteiger partial charge on any atom is 0.0949 e. The van der Waals surface area contributed by atoms with Crippen LogP contribution < -0.4 is 5.32 Å². The minimum Gasteiger partial charge on any atom is -0.372 e. The van der Waals surface area contributed by atoms with Crippen molar-refractivity contribution in [3.8, 4) is 0 Å². The van der Waals surface area contributed by atoms with E-state index in [1.807, 2.05) is 0 Å². The summed E-state index contributed by atoms with van der Waals surface area (Å²) in [6, 6.07) is 9.16. The molecule has 1 aromatic carbocycles. The highest BCUT2D eigenvalue weighted by Crippen LogP contribution is 2.22. The Balaban J connectivity index is 2.62. The first-order valence-electron chi connectivity index (χ1n) is 7.69. The van der Waals surface area contributed by atoms with Crippen LogP contribution >= 0.6 is 0 Å². The Hall–Kier alpha value is -0.860. The van der Waals surface area contributed by atoms with Crippen LogP contribution in [0.25, 0.3) is 0 Å². The van der Waals surface area contributed by atoms with Gasteiger partial charge in [0.05, 0.1) is 6.10 Å². The predicted molar refractivity (Wildman–Crippen MR) is 87.1 cm³/mol. The summed E-state index contributed by atoms with van der Waals surface area (Å²) in [5.74, 6) is 0. The minimum absolute atomic E-state index is 0.139. The van der Waals surface area contributed by atoms with E-state index in [4.69, 9.17) is 4.74 Å². The van der Waals surface area contributed by atoms with Crippen molar-refractivity contribution in [2.24, 2.45) is 5.41 Å². The molecule has 0 radical (unpaired) electrons. The third-order valence-corrected chi connectivity index (χ3v) is 3.33. The van der Waals surface area contributed by atoms with Crippen molar-refractivity contribution in [2.45, 2.75) is 60.1 Å². The van der Waals surface area contributed by atoms with E-state index < -0.39 is 0 Å². The Bertz CT molecular complexity index is 375. The molecule has 0 aliphatic carbocycles. The Morgan fingerprint density at radius 1 is 1.10 bits per heavy atom. The molecule has 0 saturated heterocycles. The second-order valence-electron chi connectivity index (χ2n) is 7.14. The van der Waals surface area contributed by atoms with E-state index in [9.17, 15) is 0 Å². The fourth-order valence-electron chi connectivity index (χ4n) is 1.90. The molecule has 0 saturated carbocycles. The molecular weight excluding hydrogens is 246 g/mol. The number of hydrogen-bond donors (Lipinski definition) is 1. The summed E-state index contributed by atoms with van der Waals surface area (Å²) >= 11 is 0. The molecule has 0 fully saturated rings. The number of hydrogen-bond acceptors (Lipinski definition) is 2. The average molecular weight is 277 g/mol. The van der Waals surface area contributed by atoms with Crippen molar-refractivity contribution in [3.63, 3.8) is 0 Å². The molecule has 0 aromatic heterocycles. The molecule has 1 rings (SSSR count). The lowest BCUT2D eigenvalue weighted by atomic mass is 9.93. The lowest BCUT2D eigenvalue weighted by molar-refractivity contribution is 0.0358. The van der Waals surface area contributed by atoms with Gasteiger partial charge in [-0.1, -0.05) is 64.4 Å². The summed E-state index contributed by atoms with van der Waals surface area (Å²) < 4.78 is 6.13. The minimum atomic E-state index is 0.139. The smallest absolute Gasteiger partial charge is 0.0949 e. The standard InChI is InChI=1S/C18H31NO/c1-14(2)19-13-17(20-12-11-18(4,5)6)16-9-7-15(3)8-10-16/h7-10,14,17,19H,11-13H2,1-6H3.